The number of imide groups is 1. The fourth-order valence-corrected chi connectivity index (χ4v) is 2.82. The lowest BCUT2D eigenvalue weighted by molar-refractivity contribution is -0.126. The van der Waals surface area contributed by atoms with Crippen molar-refractivity contribution in [3.63, 3.8) is 0 Å². The predicted molar refractivity (Wildman–Crippen MR) is 70.4 cm³/mol. The van der Waals surface area contributed by atoms with Gasteiger partial charge in [-0.05, 0) is 25.1 Å². The molecule has 0 bridgehead atoms. The van der Waals surface area contributed by atoms with Gasteiger partial charge in [-0.3, -0.25) is 9.59 Å². The van der Waals surface area contributed by atoms with Crippen molar-refractivity contribution in [2.75, 3.05) is 17.2 Å². The van der Waals surface area contributed by atoms with Crippen molar-refractivity contribution in [3.05, 3.63) is 18.2 Å². The second-order valence-electron chi connectivity index (χ2n) is 4.03. The fourth-order valence-electron chi connectivity index (χ4n) is 1.81. The molecular weight excluding hydrogens is 252 g/mol. The summed E-state index contributed by atoms with van der Waals surface area (Å²) in [6.07, 6.45) is -0.0721. The Bertz CT molecular complexity index is 504. The van der Waals surface area contributed by atoms with Crippen LogP contribution in [-0.2, 0) is 9.59 Å². The molecule has 0 aromatic heterocycles. The van der Waals surface area contributed by atoms with E-state index in [0.717, 1.165) is 9.80 Å². The monoisotopic (exact) mass is 266 g/mol. The van der Waals surface area contributed by atoms with Crippen LogP contribution in [0.1, 0.15) is 13.3 Å². The smallest absolute Gasteiger partial charge is 0.246 e. The molecule has 6 heteroatoms. The number of hydrogen-bond donors (Lipinski definition) is 2. The molecule has 1 unspecified atom stereocenters. The molecular formula is C12H14N2O3S. The lowest BCUT2D eigenvalue weighted by Crippen LogP contribution is -2.44. The molecule has 0 radical (unpaired) electrons. The summed E-state index contributed by atoms with van der Waals surface area (Å²) in [6, 6.07) is 5.15. The minimum absolute atomic E-state index is 0.0721. The number of thioether (sulfide) groups is 1. The first kappa shape index (κ1) is 12.9. The van der Waals surface area contributed by atoms with Crippen LogP contribution in [0.25, 0.3) is 0 Å². The minimum atomic E-state index is -0.401. The SMILES string of the molecule is CC1Sc2ccc(N)cc2N(C(=O)CCO)C1=O. The minimum Gasteiger partial charge on any atom is -0.399 e. The Morgan fingerprint density at radius 1 is 1.56 bits per heavy atom. The highest BCUT2D eigenvalue weighted by atomic mass is 32.2. The predicted octanol–water partition coefficient (Wildman–Crippen LogP) is 1.01. The number of aliphatic hydroxyl groups is 1. The normalized spacial score (nSPS) is 18.7. The average molecular weight is 266 g/mol. The van der Waals surface area contributed by atoms with Crippen molar-refractivity contribution in [1.29, 1.82) is 0 Å². The number of aliphatic hydroxyl groups excluding tert-OH is 1. The van der Waals surface area contributed by atoms with Gasteiger partial charge in [0.05, 0.1) is 24.0 Å². The molecule has 1 atom stereocenters. The highest BCUT2D eigenvalue weighted by Gasteiger charge is 2.34. The van der Waals surface area contributed by atoms with Crippen LogP contribution in [0.3, 0.4) is 0 Å². The van der Waals surface area contributed by atoms with Crippen molar-refractivity contribution >= 4 is 35.0 Å². The number of benzene rings is 1. The first-order chi connectivity index (χ1) is 8.54. The largest absolute Gasteiger partial charge is 0.399 e. The summed E-state index contributed by atoms with van der Waals surface area (Å²) in [4.78, 5) is 26.0. The summed E-state index contributed by atoms with van der Waals surface area (Å²) in [5, 5.41) is 8.52. The molecule has 3 N–H and O–H groups in total. The summed E-state index contributed by atoms with van der Waals surface area (Å²) >= 11 is 1.41. The van der Waals surface area contributed by atoms with E-state index >= 15 is 0 Å². The van der Waals surface area contributed by atoms with Gasteiger partial charge in [-0.15, -0.1) is 11.8 Å². The number of hydrogen-bond acceptors (Lipinski definition) is 5. The van der Waals surface area contributed by atoms with Gasteiger partial charge in [0.25, 0.3) is 0 Å². The summed E-state index contributed by atoms with van der Waals surface area (Å²) in [7, 11) is 0. The van der Waals surface area contributed by atoms with Crippen molar-refractivity contribution in [3.8, 4) is 0 Å². The van der Waals surface area contributed by atoms with Gasteiger partial charge in [-0.2, -0.15) is 0 Å². The number of nitrogens with two attached hydrogens (primary N) is 1. The second kappa shape index (κ2) is 4.99. The van der Waals surface area contributed by atoms with E-state index in [1.807, 2.05) is 0 Å². The lowest BCUT2D eigenvalue weighted by atomic mass is 10.2. The standard InChI is InChI=1S/C12H14N2O3S/c1-7-12(17)14(11(16)4-5-15)9-6-8(13)2-3-10(9)18-7/h2-3,6-7,15H,4-5,13H2,1H3. The van der Waals surface area contributed by atoms with Gasteiger partial charge >= 0.3 is 0 Å². The highest BCUT2D eigenvalue weighted by Crippen LogP contribution is 2.40. The van der Waals surface area contributed by atoms with Crippen LogP contribution in [0.4, 0.5) is 11.4 Å². The van der Waals surface area contributed by atoms with Gasteiger partial charge < -0.3 is 10.8 Å². The molecule has 2 amide bonds. The Balaban J connectivity index is 2.47. The van der Waals surface area contributed by atoms with E-state index in [9.17, 15) is 9.59 Å². The molecule has 0 aliphatic carbocycles. The van der Waals surface area contributed by atoms with Gasteiger partial charge in [0.2, 0.25) is 11.8 Å². The second-order valence-corrected chi connectivity index (χ2v) is 5.41. The van der Waals surface area contributed by atoms with Crippen LogP contribution < -0.4 is 10.6 Å². The summed E-state index contributed by atoms with van der Waals surface area (Å²) in [5.41, 5.74) is 6.70. The lowest BCUT2D eigenvalue weighted by Gasteiger charge is -2.30. The van der Waals surface area contributed by atoms with Crippen LogP contribution in [-0.4, -0.2) is 28.8 Å². The third-order valence-corrected chi connectivity index (χ3v) is 3.83. The first-order valence-corrected chi connectivity index (χ1v) is 6.46. The van der Waals surface area contributed by atoms with E-state index < -0.39 is 5.91 Å². The quantitative estimate of drug-likeness (QED) is 0.780. The van der Waals surface area contributed by atoms with E-state index in [2.05, 4.69) is 0 Å². The number of carbonyl (C=O) groups excluding carboxylic acids is 2. The van der Waals surface area contributed by atoms with Crippen molar-refractivity contribution in [2.45, 2.75) is 23.5 Å². The summed E-state index contributed by atoms with van der Waals surface area (Å²) in [6.45, 7) is 1.48. The fraction of sp³-hybridized carbons (Fsp3) is 0.333. The molecule has 0 saturated carbocycles. The zero-order valence-electron chi connectivity index (χ0n) is 9.92. The maximum Gasteiger partial charge on any atom is 0.246 e. The number of amides is 2. The third-order valence-electron chi connectivity index (χ3n) is 2.67. The van der Waals surface area contributed by atoms with E-state index in [1.165, 1.54) is 11.8 Å². The van der Waals surface area contributed by atoms with Crippen LogP contribution >= 0.6 is 11.8 Å². The van der Waals surface area contributed by atoms with E-state index in [1.54, 1.807) is 25.1 Å². The molecule has 1 heterocycles. The zero-order chi connectivity index (χ0) is 13.3. The molecule has 0 spiro atoms. The molecule has 0 saturated heterocycles. The van der Waals surface area contributed by atoms with Gasteiger partial charge in [-0.1, -0.05) is 0 Å². The topological polar surface area (TPSA) is 83.6 Å². The number of anilines is 2. The maximum absolute atomic E-state index is 12.1. The number of nitrogens with zero attached hydrogens (tertiary/aromatic N) is 1. The highest BCUT2D eigenvalue weighted by molar-refractivity contribution is 8.01. The molecule has 96 valence electrons. The zero-order valence-corrected chi connectivity index (χ0v) is 10.7. The van der Waals surface area contributed by atoms with E-state index in [-0.39, 0.29) is 24.2 Å². The van der Waals surface area contributed by atoms with Gasteiger partial charge in [0, 0.05) is 10.6 Å². The Labute approximate surface area is 109 Å². The van der Waals surface area contributed by atoms with Crippen LogP contribution in [0, 0.1) is 0 Å². The Kier molecular flexibility index (Phi) is 3.58. The van der Waals surface area contributed by atoms with E-state index in [4.69, 9.17) is 10.8 Å². The average Bonchev–Trinajstić information content (AvgIpc) is 2.31. The number of rotatable bonds is 2. The number of fused-ring (bicyclic) bond motifs is 1. The molecule has 18 heavy (non-hydrogen) atoms. The van der Waals surface area contributed by atoms with Crippen molar-refractivity contribution in [1.82, 2.24) is 0 Å². The molecule has 1 aliphatic rings. The van der Waals surface area contributed by atoms with Crippen molar-refractivity contribution in [2.24, 2.45) is 0 Å². The van der Waals surface area contributed by atoms with Gasteiger partial charge in [0.15, 0.2) is 0 Å². The van der Waals surface area contributed by atoms with Crippen LogP contribution in [0.2, 0.25) is 0 Å². The molecule has 1 aromatic rings. The molecule has 1 aromatic carbocycles. The van der Waals surface area contributed by atoms with Crippen molar-refractivity contribution < 1.29 is 14.7 Å². The molecule has 2 rings (SSSR count). The molecule has 5 nitrogen and oxygen atoms in total. The molecule has 0 fully saturated rings. The Morgan fingerprint density at radius 3 is 2.94 bits per heavy atom. The molecule has 1 aliphatic heterocycles. The Morgan fingerprint density at radius 2 is 2.28 bits per heavy atom. The maximum atomic E-state index is 12.1. The Hall–Kier alpha value is -1.53. The third kappa shape index (κ3) is 2.21. The van der Waals surface area contributed by atoms with Crippen LogP contribution in [0.5, 0.6) is 0 Å². The van der Waals surface area contributed by atoms with Crippen LogP contribution in [0.15, 0.2) is 23.1 Å². The summed E-state index contributed by atoms with van der Waals surface area (Å²) in [5.74, 6) is -0.668. The summed E-state index contributed by atoms with van der Waals surface area (Å²) < 4.78 is 0. The van der Waals surface area contributed by atoms with Gasteiger partial charge in [-0.25, -0.2) is 4.90 Å². The van der Waals surface area contributed by atoms with Gasteiger partial charge in [0.1, 0.15) is 0 Å². The first-order valence-electron chi connectivity index (χ1n) is 5.58. The number of nitrogen functional groups attached to an aromatic ring is 1. The van der Waals surface area contributed by atoms with E-state index in [0.29, 0.717) is 11.4 Å². The number of carbonyl (C=O) groups is 2.